The monoisotopic (exact) mass is 405 g/mol. The van der Waals surface area contributed by atoms with Crippen molar-refractivity contribution in [1.82, 2.24) is 9.21 Å². The molecule has 1 aliphatic rings. The molecule has 0 atom stereocenters. The first-order valence-corrected chi connectivity index (χ1v) is 9.98. The van der Waals surface area contributed by atoms with E-state index in [1.807, 2.05) is 0 Å². The minimum atomic E-state index is -3.91. The van der Waals surface area contributed by atoms with Crippen molar-refractivity contribution in [2.24, 2.45) is 0 Å². The second kappa shape index (κ2) is 7.56. The van der Waals surface area contributed by atoms with Crippen LogP contribution in [0.1, 0.15) is 15.9 Å². The molecular formula is C18H19N3O6S. The Hall–Kier alpha value is -2.98. The number of benzene rings is 2. The van der Waals surface area contributed by atoms with Gasteiger partial charge in [-0.3, -0.25) is 14.9 Å². The Balaban J connectivity index is 1.77. The van der Waals surface area contributed by atoms with Gasteiger partial charge in [-0.05, 0) is 30.7 Å². The van der Waals surface area contributed by atoms with Gasteiger partial charge in [0, 0.05) is 32.2 Å². The van der Waals surface area contributed by atoms with Crippen molar-refractivity contribution in [3.8, 4) is 5.75 Å². The summed E-state index contributed by atoms with van der Waals surface area (Å²) in [5.41, 5.74) is 0.383. The number of amides is 1. The number of nitro benzene ring substituents is 1. The van der Waals surface area contributed by atoms with E-state index < -0.39 is 20.9 Å². The average Bonchev–Trinajstić information content (AvgIpc) is 2.69. The molecule has 0 aliphatic carbocycles. The number of phenolic OH excluding ortho intramolecular Hbond substituents is 1. The fourth-order valence-electron chi connectivity index (χ4n) is 3.08. The van der Waals surface area contributed by atoms with Gasteiger partial charge in [-0.2, -0.15) is 4.31 Å². The summed E-state index contributed by atoms with van der Waals surface area (Å²) in [5.74, 6) is -0.841. The highest BCUT2D eigenvalue weighted by molar-refractivity contribution is 7.89. The molecule has 0 saturated carbocycles. The third-order valence-corrected chi connectivity index (χ3v) is 6.52. The maximum atomic E-state index is 12.8. The largest absolute Gasteiger partial charge is 0.507 e. The third kappa shape index (κ3) is 3.69. The third-order valence-electron chi connectivity index (χ3n) is 4.59. The summed E-state index contributed by atoms with van der Waals surface area (Å²) in [6.07, 6.45) is 0. The van der Waals surface area contributed by atoms with Gasteiger partial charge in [0.15, 0.2) is 0 Å². The molecule has 1 saturated heterocycles. The van der Waals surface area contributed by atoms with Crippen LogP contribution in [-0.4, -0.2) is 59.7 Å². The van der Waals surface area contributed by atoms with Gasteiger partial charge < -0.3 is 10.0 Å². The van der Waals surface area contributed by atoms with Crippen molar-refractivity contribution < 1.29 is 23.2 Å². The molecular weight excluding hydrogens is 386 g/mol. The summed E-state index contributed by atoms with van der Waals surface area (Å²) in [7, 11) is -3.91. The van der Waals surface area contributed by atoms with Crippen LogP contribution in [0.2, 0.25) is 0 Å². The van der Waals surface area contributed by atoms with Crippen LogP contribution in [0.15, 0.2) is 47.4 Å². The fraction of sp³-hybridized carbons (Fsp3) is 0.278. The number of rotatable bonds is 4. The first-order chi connectivity index (χ1) is 13.2. The SMILES string of the molecule is Cc1ccc(O)c(S(=O)(=O)N2CCN(C(=O)c3ccccc3[N+](=O)[O-])CC2)c1. The van der Waals surface area contributed by atoms with Gasteiger partial charge in [-0.25, -0.2) is 8.42 Å². The van der Waals surface area contributed by atoms with Crippen molar-refractivity contribution in [3.05, 3.63) is 63.7 Å². The predicted octanol–water partition coefficient (Wildman–Crippen LogP) is 1.76. The molecule has 1 aliphatic heterocycles. The van der Waals surface area contributed by atoms with Gasteiger partial charge in [0.25, 0.3) is 11.6 Å². The standard InChI is InChI=1S/C18H19N3O6S/c1-13-6-7-16(22)17(12-13)28(26,27)20-10-8-19(9-11-20)18(23)14-4-2-3-5-15(14)21(24)25/h2-7,12,22H,8-11H2,1H3. The quantitative estimate of drug-likeness (QED) is 0.611. The van der Waals surface area contributed by atoms with Gasteiger partial charge >= 0.3 is 0 Å². The Morgan fingerprint density at radius 3 is 2.39 bits per heavy atom. The molecule has 0 bridgehead atoms. The van der Waals surface area contributed by atoms with Crippen molar-refractivity contribution in [2.45, 2.75) is 11.8 Å². The Bertz CT molecular complexity index is 1030. The molecule has 0 unspecified atom stereocenters. The lowest BCUT2D eigenvalue weighted by Gasteiger charge is -2.34. The van der Waals surface area contributed by atoms with Crippen LogP contribution in [-0.2, 0) is 10.0 Å². The number of nitro groups is 1. The molecule has 148 valence electrons. The van der Waals surface area contributed by atoms with Gasteiger partial charge in [0.05, 0.1) is 4.92 Å². The Kier molecular flexibility index (Phi) is 5.34. The number of carbonyl (C=O) groups is 1. The highest BCUT2D eigenvalue weighted by Gasteiger charge is 2.33. The van der Waals surface area contributed by atoms with E-state index in [2.05, 4.69) is 0 Å². The van der Waals surface area contributed by atoms with Gasteiger partial charge in [-0.15, -0.1) is 0 Å². The summed E-state index contributed by atoms with van der Waals surface area (Å²) in [4.78, 5) is 24.4. The normalized spacial score (nSPS) is 15.4. The molecule has 2 aromatic carbocycles. The number of phenols is 1. The molecule has 9 nitrogen and oxygen atoms in total. The second-order valence-corrected chi connectivity index (χ2v) is 8.35. The molecule has 0 aromatic heterocycles. The molecule has 10 heteroatoms. The number of hydrogen-bond donors (Lipinski definition) is 1. The maximum Gasteiger partial charge on any atom is 0.282 e. The molecule has 28 heavy (non-hydrogen) atoms. The average molecular weight is 405 g/mol. The second-order valence-electron chi connectivity index (χ2n) is 6.44. The van der Waals surface area contributed by atoms with E-state index in [0.717, 1.165) is 0 Å². The number of sulfonamides is 1. The maximum absolute atomic E-state index is 12.8. The number of piperazine rings is 1. The van der Waals surface area contributed by atoms with Crippen LogP contribution in [0.3, 0.4) is 0 Å². The van der Waals surface area contributed by atoms with E-state index in [9.17, 15) is 28.4 Å². The minimum Gasteiger partial charge on any atom is -0.507 e. The first kappa shape index (κ1) is 19.8. The number of nitrogens with zero attached hydrogens (tertiary/aromatic N) is 3. The highest BCUT2D eigenvalue weighted by atomic mass is 32.2. The Morgan fingerprint density at radius 1 is 1.11 bits per heavy atom. The molecule has 3 rings (SSSR count). The van der Waals surface area contributed by atoms with Crippen LogP contribution in [0.25, 0.3) is 0 Å². The van der Waals surface area contributed by atoms with Crippen LogP contribution < -0.4 is 0 Å². The summed E-state index contributed by atoms with van der Waals surface area (Å²) < 4.78 is 26.8. The first-order valence-electron chi connectivity index (χ1n) is 8.54. The molecule has 1 N–H and O–H groups in total. The van der Waals surface area contributed by atoms with Gasteiger partial charge in [0.2, 0.25) is 10.0 Å². The van der Waals surface area contributed by atoms with Crippen molar-refractivity contribution in [1.29, 1.82) is 0 Å². The van der Waals surface area contributed by atoms with E-state index in [4.69, 9.17) is 0 Å². The molecule has 0 radical (unpaired) electrons. The zero-order chi connectivity index (χ0) is 20.5. The van der Waals surface area contributed by atoms with E-state index in [-0.39, 0.29) is 48.1 Å². The number of aryl methyl sites for hydroxylation is 1. The summed E-state index contributed by atoms with van der Waals surface area (Å²) >= 11 is 0. The number of para-hydroxylation sites is 1. The predicted molar refractivity (Wildman–Crippen MR) is 101 cm³/mol. The minimum absolute atomic E-state index is 0.0277. The summed E-state index contributed by atoms with van der Waals surface area (Å²) in [6, 6.07) is 10.0. The number of aromatic hydroxyl groups is 1. The van der Waals surface area contributed by atoms with E-state index in [1.165, 1.54) is 39.5 Å². The van der Waals surface area contributed by atoms with E-state index in [0.29, 0.717) is 5.56 Å². The molecule has 1 heterocycles. The zero-order valence-corrected chi connectivity index (χ0v) is 15.9. The fourth-order valence-corrected chi connectivity index (χ4v) is 4.67. The molecule has 1 fully saturated rings. The Labute approximate surface area is 162 Å². The lowest BCUT2D eigenvalue weighted by molar-refractivity contribution is -0.385. The van der Waals surface area contributed by atoms with Crippen LogP contribution in [0, 0.1) is 17.0 Å². The highest BCUT2D eigenvalue weighted by Crippen LogP contribution is 2.28. The Morgan fingerprint density at radius 2 is 1.75 bits per heavy atom. The lowest BCUT2D eigenvalue weighted by Crippen LogP contribution is -2.50. The summed E-state index contributed by atoms with van der Waals surface area (Å²) in [5, 5.41) is 21.1. The van der Waals surface area contributed by atoms with Crippen molar-refractivity contribution in [3.63, 3.8) is 0 Å². The molecule has 2 aromatic rings. The number of carbonyl (C=O) groups excluding carboxylic acids is 1. The van der Waals surface area contributed by atoms with E-state index in [1.54, 1.807) is 19.1 Å². The summed E-state index contributed by atoms with van der Waals surface area (Å²) in [6.45, 7) is 1.97. The molecule has 0 spiro atoms. The van der Waals surface area contributed by atoms with E-state index >= 15 is 0 Å². The topological polar surface area (TPSA) is 121 Å². The van der Waals surface area contributed by atoms with Gasteiger partial charge in [-0.1, -0.05) is 18.2 Å². The van der Waals surface area contributed by atoms with Crippen molar-refractivity contribution >= 4 is 21.6 Å². The lowest BCUT2D eigenvalue weighted by atomic mass is 10.1. The van der Waals surface area contributed by atoms with Gasteiger partial charge in [0.1, 0.15) is 16.2 Å². The number of hydrogen-bond acceptors (Lipinski definition) is 6. The van der Waals surface area contributed by atoms with Crippen LogP contribution >= 0.6 is 0 Å². The smallest absolute Gasteiger partial charge is 0.282 e. The zero-order valence-electron chi connectivity index (χ0n) is 15.1. The van der Waals surface area contributed by atoms with Crippen molar-refractivity contribution in [2.75, 3.05) is 26.2 Å². The molecule has 1 amide bonds. The van der Waals surface area contributed by atoms with Crippen LogP contribution in [0.5, 0.6) is 5.75 Å². The van der Waals surface area contributed by atoms with Crippen LogP contribution in [0.4, 0.5) is 5.69 Å².